The fourth-order valence-electron chi connectivity index (χ4n) is 6.96. The zero-order chi connectivity index (χ0) is 22.1. The molecule has 4 aliphatic rings. The number of fused-ring (bicyclic) bond motifs is 5. The molecule has 2 saturated carbocycles. The van der Waals surface area contributed by atoms with Crippen molar-refractivity contribution in [2.75, 3.05) is 6.61 Å². The molecular weight excluding hydrogens is 411 g/mol. The maximum atomic E-state index is 12.8. The minimum Gasteiger partial charge on any atom is -0.393 e. The number of allylic oxidation sites excluding steroid dienone is 4. The van der Waals surface area contributed by atoms with Crippen LogP contribution >= 0.6 is 7.82 Å². The first-order valence-electron chi connectivity index (χ1n) is 10.4. The van der Waals surface area contributed by atoms with E-state index in [1.807, 2.05) is 13.0 Å². The summed E-state index contributed by atoms with van der Waals surface area (Å²) >= 11 is 0. The molecular formula is C21H29O8P. The number of phosphoric acid groups is 1. The highest BCUT2D eigenvalue weighted by Gasteiger charge is 2.67. The Bertz CT molecular complexity index is 889. The highest BCUT2D eigenvalue weighted by atomic mass is 31.2. The predicted octanol–water partition coefficient (Wildman–Crippen LogP) is 1.67. The number of Topliss-reactive ketones (excluding diaryl/α,β-unsaturated/α-hetero) is 1. The molecule has 0 spiro atoms. The smallest absolute Gasteiger partial charge is 0.393 e. The Morgan fingerprint density at radius 1 is 1.33 bits per heavy atom. The van der Waals surface area contributed by atoms with E-state index in [0.717, 1.165) is 5.57 Å². The molecule has 7 atom stereocenters. The molecule has 4 aliphatic carbocycles. The number of phosphoric ester groups is 1. The average molecular weight is 440 g/mol. The summed E-state index contributed by atoms with van der Waals surface area (Å²) in [7, 11) is -4.84. The van der Waals surface area contributed by atoms with Gasteiger partial charge in [0.05, 0.1) is 6.10 Å². The van der Waals surface area contributed by atoms with Gasteiger partial charge in [-0.2, -0.15) is 0 Å². The number of aliphatic hydroxyl groups excluding tert-OH is 1. The van der Waals surface area contributed by atoms with Crippen LogP contribution in [0.15, 0.2) is 23.8 Å². The Morgan fingerprint density at radius 2 is 2.03 bits per heavy atom. The number of ketones is 2. The van der Waals surface area contributed by atoms with Gasteiger partial charge in [-0.05, 0) is 43.6 Å². The molecule has 5 unspecified atom stereocenters. The number of hydrogen-bond acceptors (Lipinski definition) is 6. The van der Waals surface area contributed by atoms with E-state index in [1.54, 1.807) is 13.0 Å². The van der Waals surface area contributed by atoms with Crippen molar-refractivity contribution in [1.82, 2.24) is 0 Å². The van der Waals surface area contributed by atoms with E-state index in [2.05, 4.69) is 10.6 Å². The zero-order valence-corrected chi connectivity index (χ0v) is 18.0. The van der Waals surface area contributed by atoms with Gasteiger partial charge >= 0.3 is 7.82 Å². The Morgan fingerprint density at radius 3 is 2.70 bits per heavy atom. The lowest BCUT2D eigenvalue weighted by Gasteiger charge is -2.58. The molecule has 2 fully saturated rings. The first-order valence-corrected chi connectivity index (χ1v) is 11.9. The third-order valence-electron chi connectivity index (χ3n) is 8.43. The van der Waals surface area contributed by atoms with Gasteiger partial charge in [0.25, 0.3) is 0 Å². The van der Waals surface area contributed by atoms with E-state index in [-0.39, 0.29) is 36.4 Å². The number of hydrogen-bond donors (Lipinski definition) is 4. The fraction of sp³-hybridized carbons (Fsp3) is 0.714. The lowest BCUT2D eigenvalue weighted by atomic mass is 9.47. The molecule has 0 aliphatic heterocycles. The van der Waals surface area contributed by atoms with E-state index >= 15 is 0 Å². The van der Waals surface area contributed by atoms with Gasteiger partial charge in [-0.1, -0.05) is 31.6 Å². The quantitative estimate of drug-likeness (QED) is 0.382. The molecule has 0 radical (unpaired) electrons. The molecule has 0 saturated heterocycles. The van der Waals surface area contributed by atoms with Crippen LogP contribution in [0.5, 0.6) is 0 Å². The molecule has 30 heavy (non-hydrogen) atoms. The summed E-state index contributed by atoms with van der Waals surface area (Å²) in [4.78, 5) is 42.5. The Kier molecular flexibility index (Phi) is 5.09. The van der Waals surface area contributed by atoms with Gasteiger partial charge in [0.1, 0.15) is 12.2 Å². The minimum atomic E-state index is -4.84. The van der Waals surface area contributed by atoms with E-state index in [4.69, 9.17) is 9.79 Å². The van der Waals surface area contributed by atoms with Crippen molar-refractivity contribution < 1.29 is 38.7 Å². The van der Waals surface area contributed by atoms with Crippen molar-refractivity contribution >= 4 is 19.4 Å². The summed E-state index contributed by atoms with van der Waals surface area (Å²) in [5.41, 5.74) is -2.16. The van der Waals surface area contributed by atoms with E-state index in [9.17, 15) is 24.4 Å². The molecule has 0 aromatic carbocycles. The third-order valence-corrected chi connectivity index (χ3v) is 8.90. The molecule has 4 N–H and O–H groups in total. The summed E-state index contributed by atoms with van der Waals surface area (Å²) in [6, 6.07) is 0. The van der Waals surface area contributed by atoms with E-state index < -0.39 is 42.7 Å². The van der Waals surface area contributed by atoms with Gasteiger partial charge in [-0.3, -0.25) is 14.1 Å². The van der Waals surface area contributed by atoms with Crippen molar-refractivity contribution in [2.45, 2.75) is 57.7 Å². The van der Waals surface area contributed by atoms with Gasteiger partial charge in [0.15, 0.2) is 11.6 Å². The molecule has 166 valence electrons. The van der Waals surface area contributed by atoms with Crippen LogP contribution in [0.2, 0.25) is 0 Å². The Labute approximate surface area is 175 Å². The minimum absolute atomic E-state index is 0.0230. The van der Waals surface area contributed by atoms with Crippen LogP contribution in [-0.2, 0) is 18.7 Å². The standard InChI is InChI=1S/C21H29O8P/c1-19-7-5-13(22)9-12(19)3-4-14-15-6-8-21(25,17(24)11-29-30(26,27)28)20(15,2)10-16(23)18(14)19/h3,5,7,14-16,18,23,25H,4,6,8-11H2,1-2H3,(H2,26,27,28)/t14?,15?,16-,18?,19?,20?,21-/m0/s1. The van der Waals surface area contributed by atoms with Crippen LogP contribution in [0.4, 0.5) is 0 Å². The molecule has 8 nitrogen and oxygen atoms in total. The van der Waals surface area contributed by atoms with E-state index in [1.165, 1.54) is 0 Å². The number of rotatable bonds is 4. The second-order valence-corrected chi connectivity index (χ2v) is 11.0. The SMILES string of the molecule is CC12C=CC(=O)CC1=CCC1C2[C@@H](O)CC2(C)C1CC[C@]2(O)C(=O)COP(=O)(O)O. The lowest BCUT2D eigenvalue weighted by molar-refractivity contribution is -0.176. The molecule has 0 bridgehead atoms. The maximum absolute atomic E-state index is 12.8. The molecule has 0 heterocycles. The second-order valence-electron chi connectivity index (χ2n) is 9.80. The Balaban J connectivity index is 1.66. The summed E-state index contributed by atoms with van der Waals surface area (Å²) < 4.78 is 15.4. The summed E-state index contributed by atoms with van der Waals surface area (Å²) in [5.74, 6) is -0.852. The van der Waals surface area contributed by atoms with Crippen LogP contribution < -0.4 is 0 Å². The van der Waals surface area contributed by atoms with Gasteiger partial charge in [-0.15, -0.1) is 0 Å². The van der Waals surface area contributed by atoms with Gasteiger partial charge in [0.2, 0.25) is 0 Å². The van der Waals surface area contributed by atoms with Crippen molar-refractivity contribution in [2.24, 2.45) is 28.6 Å². The normalized spacial score (nSPS) is 45.4. The first-order chi connectivity index (χ1) is 13.8. The molecule has 0 aromatic heterocycles. The summed E-state index contributed by atoms with van der Waals surface area (Å²) in [6.45, 7) is 2.96. The van der Waals surface area contributed by atoms with Crippen LogP contribution in [-0.4, -0.2) is 49.9 Å². The zero-order valence-electron chi connectivity index (χ0n) is 17.2. The van der Waals surface area contributed by atoms with Crippen molar-refractivity contribution in [3.63, 3.8) is 0 Å². The first kappa shape index (κ1) is 22.1. The molecule has 4 rings (SSSR count). The monoisotopic (exact) mass is 440 g/mol. The molecule has 9 heteroatoms. The van der Waals surface area contributed by atoms with Gasteiger partial charge in [0, 0.05) is 23.2 Å². The fourth-order valence-corrected chi connectivity index (χ4v) is 7.25. The summed E-state index contributed by atoms with van der Waals surface area (Å²) in [6.07, 6.45) is 6.73. The Hall–Kier alpha value is -1.15. The van der Waals surface area contributed by atoms with Crippen LogP contribution in [0.25, 0.3) is 0 Å². The van der Waals surface area contributed by atoms with Crippen molar-refractivity contribution in [3.8, 4) is 0 Å². The highest BCUT2D eigenvalue weighted by Crippen LogP contribution is 2.66. The van der Waals surface area contributed by atoms with Crippen molar-refractivity contribution in [1.29, 1.82) is 0 Å². The number of carbonyl (C=O) groups excluding carboxylic acids is 2. The number of carbonyl (C=O) groups is 2. The van der Waals surface area contributed by atoms with Gasteiger partial charge < -0.3 is 20.0 Å². The maximum Gasteiger partial charge on any atom is 0.470 e. The van der Waals surface area contributed by atoms with Crippen LogP contribution in [0, 0.1) is 28.6 Å². The largest absolute Gasteiger partial charge is 0.470 e. The highest BCUT2D eigenvalue weighted by molar-refractivity contribution is 7.46. The summed E-state index contributed by atoms with van der Waals surface area (Å²) in [5, 5.41) is 22.6. The van der Waals surface area contributed by atoms with Gasteiger partial charge in [-0.25, -0.2) is 4.57 Å². The number of aliphatic hydroxyl groups is 2. The van der Waals surface area contributed by atoms with Crippen LogP contribution in [0.3, 0.4) is 0 Å². The predicted molar refractivity (Wildman–Crippen MR) is 106 cm³/mol. The third kappa shape index (κ3) is 3.12. The van der Waals surface area contributed by atoms with E-state index in [0.29, 0.717) is 19.3 Å². The second kappa shape index (κ2) is 6.92. The lowest BCUT2D eigenvalue weighted by Crippen LogP contribution is -2.61. The van der Waals surface area contributed by atoms with Crippen molar-refractivity contribution in [3.05, 3.63) is 23.8 Å². The average Bonchev–Trinajstić information content (AvgIpc) is 2.91. The van der Waals surface area contributed by atoms with Crippen LogP contribution in [0.1, 0.15) is 46.0 Å². The molecule has 0 aromatic rings. The molecule has 0 amide bonds. The topological polar surface area (TPSA) is 141 Å².